The molecule has 6 nitrogen and oxygen atoms in total. The van der Waals surface area contributed by atoms with Gasteiger partial charge in [-0.2, -0.15) is 5.10 Å². The molecule has 2 rings (SSSR count). The zero-order chi connectivity index (χ0) is 16.3. The minimum absolute atomic E-state index is 0.150. The molecule has 1 aromatic heterocycles. The van der Waals surface area contributed by atoms with Crippen LogP contribution in [0.15, 0.2) is 66.0 Å². The number of pyridine rings is 1. The highest BCUT2D eigenvalue weighted by molar-refractivity contribution is 5.94. The lowest BCUT2D eigenvalue weighted by Crippen LogP contribution is -2.34. The van der Waals surface area contributed by atoms with E-state index in [1.165, 1.54) is 12.3 Å². The van der Waals surface area contributed by atoms with Crippen LogP contribution in [0, 0.1) is 0 Å². The Morgan fingerprint density at radius 2 is 1.87 bits per heavy atom. The topological polar surface area (TPSA) is 83.5 Å². The molecule has 0 bridgehead atoms. The monoisotopic (exact) mass is 308 g/mol. The van der Waals surface area contributed by atoms with Gasteiger partial charge >= 0.3 is 0 Å². The highest BCUT2D eigenvalue weighted by Gasteiger charge is 2.01. The van der Waals surface area contributed by atoms with Gasteiger partial charge in [0.15, 0.2) is 0 Å². The zero-order valence-corrected chi connectivity index (χ0v) is 12.3. The molecule has 0 radical (unpaired) electrons. The number of hydrazone groups is 1. The zero-order valence-electron chi connectivity index (χ0n) is 12.3. The molecule has 2 N–H and O–H groups in total. The van der Waals surface area contributed by atoms with Crippen LogP contribution in [0.5, 0.6) is 0 Å². The molecule has 0 fully saturated rings. The van der Waals surface area contributed by atoms with Gasteiger partial charge in [0.2, 0.25) is 5.91 Å². The maximum atomic E-state index is 11.6. The molecule has 2 amide bonds. The molecule has 1 heterocycles. The number of aromatic nitrogens is 1. The summed E-state index contributed by atoms with van der Waals surface area (Å²) in [6.45, 7) is -0.150. The summed E-state index contributed by atoms with van der Waals surface area (Å²) in [4.78, 5) is 27.0. The molecular weight excluding hydrogens is 292 g/mol. The van der Waals surface area contributed by atoms with Crippen molar-refractivity contribution in [3.63, 3.8) is 0 Å². The Labute approximate surface area is 133 Å². The standard InChI is InChI=1S/C17H16N4O2/c22-16(9-8-14-5-2-1-3-6-14)19-13-17(23)21-20-12-15-7-4-10-18-11-15/h1-12H,13H2,(H,19,22)(H,21,23)/b9-8+,20-12?. The quantitative estimate of drug-likeness (QED) is 0.480. The van der Waals surface area contributed by atoms with Crippen LogP contribution < -0.4 is 10.7 Å². The number of nitrogens with one attached hydrogen (secondary N) is 2. The van der Waals surface area contributed by atoms with Gasteiger partial charge in [-0.1, -0.05) is 36.4 Å². The van der Waals surface area contributed by atoms with Crippen LogP contribution in [-0.2, 0) is 9.59 Å². The summed E-state index contributed by atoms with van der Waals surface area (Å²) in [5.41, 5.74) is 4.00. The van der Waals surface area contributed by atoms with Gasteiger partial charge in [-0.3, -0.25) is 14.6 Å². The van der Waals surface area contributed by atoms with Crippen molar-refractivity contribution >= 4 is 24.1 Å². The van der Waals surface area contributed by atoms with E-state index < -0.39 is 5.91 Å². The van der Waals surface area contributed by atoms with E-state index in [1.807, 2.05) is 30.3 Å². The molecule has 0 unspecified atom stereocenters. The summed E-state index contributed by atoms with van der Waals surface area (Å²) in [6.07, 6.45) is 7.79. The third-order valence-electron chi connectivity index (χ3n) is 2.74. The van der Waals surface area contributed by atoms with Crippen LogP contribution >= 0.6 is 0 Å². The van der Waals surface area contributed by atoms with Crippen molar-refractivity contribution in [1.82, 2.24) is 15.7 Å². The highest BCUT2D eigenvalue weighted by atomic mass is 16.2. The molecular formula is C17H16N4O2. The third-order valence-corrected chi connectivity index (χ3v) is 2.74. The summed E-state index contributed by atoms with van der Waals surface area (Å²) in [5, 5.41) is 6.26. The van der Waals surface area contributed by atoms with Crippen LogP contribution in [-0.4, -0.2) is 29.6 Å². The van der Waals surface area contributed by atoms with Gasteiger partial charge in [0.1, 0.15) is 0 Å². The fourth-order valence-corrected chi connectivity index (χ4v) is 1.63. The minimum Gasteiger partial charge on any atom is -0.343 e. The van der Waals surface area contributed by atoms with Crippen LogP contribution in [0.4, 0.5) is 0 Å². The number of hydrogen-bond donors (Lipinski definition) is 2. The molecule has 0 saturated carbocycles. The average Bonchev–Trinajstić information content (AvgIpc) is 2.60. The molecule has 0 aliphatic heterocycles. The van der Waals surface area contributed by atoms with E-state index in [2.05, 4.69) is 20.8 Å². The molecule has 116 valence electrons. The second kappa shape index (κ2) is 8.89. The van der Waals surface area contributed by atoms with Crippen molar-refractivity contribution in [2.45, 2.75) is 0 Å². The predicted octanol–water partition coefficient (Wildman–Crippen LogP) is 1.36. The molecule has 2 aromatic rings. The van der Waals surface area contributed by atoms with E-state index >= 15 is 0 Å². The van der Waals surface area contributed by atoms with E-state index in [0.717, 1.165) is 11.1 Å². The molecule has 23 heavy (non-hydrogen) atoms. The summed E-state index contributed by atoms with van der Waals surface area (Å²) in [7, 11) is 0. The van der Waals surface area contributed by atoms with Crippen molar-refractivity contribution in [3.8, 4) is 0 Å². The molecule has 0 atom stereocenters. The van der Waals surface area contributed by atoms with Gasteiger partial charge in [-0.15, -0.1) is 0 Å². The number of nitrogens with zero attached hydrogens (tertiary/aromatic N) is 2. The van der Waals surface area contributed by atoms with E-state index in [9.17, 15) is 9.59 Å². The highest BCUT2D eigenvalue weighted by Crippen LogP contribution is 2.00. The molecule has 0 spiro atoms. The second-order valence-electron chi connectivity index (χ2n) is 4.54. The number of carbonyl (C=O) groups is 2. The first-order valence-corrected chi connectivity index (χ1v) is 6.97. The number of carbonyl (C=O) groups excluding carboxylic acids is 2. The number of amides is 2. The van der Waals surface area contributed by atoms with Gasteiger partial charge in [-0.05, 0) is 17.7 Å². The number of hydrogen-bond acceptors (Lipinski definition) is 4. The van der Waals surface area contributed by atoms with E-state index in [1.54, 1.807) is 30.6 Å². The summed E-state index contributed by atoms with van der Waals surface area (Å²) >= 11 is 0. The molecule has 1 aromatic carbocycles. The normalized spacial score (nSPS) is 10.8. The maximum Gasteiger partial charge on any atom is 0.259 e. The number of rotatable bonds is 6. The van der Waals surface area contributed by atoms with Crippen molar-refractivity contribution in [2.24, 2.45) is 5.10 Å². The van der Waals surface area contributed by atoms with E-state index in [0.29, 0.717) is 0 Å². The summed E-state index contributed by atoms with van der Waals surface area (Å²) in [6, 6.07) is 13.0. The Bertz CT molecular complexity index is 697. The SMILES string of the molecule is O=C(/C=C/c1ccccc1)NCC(=O)NN=Cc1cccnc1. The van der Waals surface area contributed by atoms with Gasteiger partial charge in [0, 0.05) is 24.0 Å². The molecule has 0 saturated heterocycles. The van der Waals surface area contributed by atoms with Gasteiger partial charge in [0.25, 0.3) is 5.91 Å². The lowest BCUT2D eigenvalue weighted by Gasteiger charge is -2.00. The predicted molar refractivity (Wildman–Crippen MR) is 88.5 cm³/mol. The largest absolute Gasteiger partial charge is 0.343 e. The average molecular weight is 308 g/mol. The van der Waals surface area contributed by atoms with Crippen molar-refractivity contribution in [2.75, 3.05) is 6.54 Å². The van der Waals surface area contributed by atoms with Crippen molar-refractivity contribution in [3.05, 3.63) is 72.1 Å². The first-order valence-electron chi connectivity index (χ1n) is 6.97. The molecule has 6 heteroatoms. The van der Waals surface area contributed by atoms with Gasteiger partial charge < -0.3 is 5.32 Å². The van der Waals surface area contributed by atoms with E-state index in [4.69, 9.17) is 0 Å². The van der Waals surface area contributed by atoms with E-state index in [-0.39, 0.29) is 12.5 Å². The Balaban J connectivity index is 1.71. The van der Waals surface area contributed by atoms with Gasteiger partial charge in [0.05, 0.1) is 12.8 Å². The Hall–Kier alpha value is -3.28. The lowest BCUT2D eigenvalue weighted by atomic mass is 10.2. The first kappa shape index (κ1) is 16.1. The van der Waals surface area contributed by atoms with Crippen LogP contribution in [0.3, 0.4) is 0 Å². The first-order chi connectivity index (χ1) is 11.2. The summed E-state index contributed by atoms with van der Waals surface area (Å²) in [5.74, 6) is -0.758. The Morgan fingerprint density at radius 3 is 2.61 bits per heavy atom. The maximum absolute atomic E-state index is 11.6. The molecule has 0 aliphatic carbocycles. The second-order valence-corrected chi connectivity index (χ2v) is 4.54. The lowest BCUT2D eigenvalue weighted by molar-refractivity contribution is -0.123. The Kier molecular flexibility index (Phi) is 6.22. The smallest absolute Gasteiger partial charge is 0.259 e. The third kappa shape index (κ3) is 6.34. The van der Waals surface area contributed by atoms with Crippen molar-refractivity contribution in [1.29, 1.82) is 0 Å². The molecule has 0 aliphatic rings. The van der Waals surface area contributed by atoms with Crippen LogP contribution in [0.25, 0.3) is 6.08 Å². The van der Waals surface area contributed by atoms with Crippen molar-refractivity contribution < 1.29 is 9.59 Å². The Morgan fingerprint density at radius 1 is 1.09 bits per heavy atom. The fraction of sp³-hybridized carbons (Fsp3) is 0.0588. The van der Waals surface area contributed by atoms with Crippen LogP contribution in [0.1, 0.15) is 11.1 Å². The fourth-order valence-electron chi connectivity index (χ4n) is 1.63. The minimum atomic E-state index is -0.411. The van der Waals surface area contributed by atoms with Gasteiger partial charge in [-0.25, -0.2) is 5.43 Å². The summed E-state index contributed by atoms with van der Waals surface area (Å²) < 4.78 is 0. The number of benzene rings is 1. The van der Waals surface area contributed by atoms with Crippen LogP contribution in [0.2, 0.25) is 0 Å².